The zero-order chi connectivity index (χ0) is 13.2. The number of rotatable bonds is 4. The van der Waals surface area contributed by atoms with Crippen LogP contribution in [-0.4, -0.2) is 26.2 Å². The Balaban J connectivity index is 2.30. The van der Waals surface area contributed by atoms with Gasteiger partial charge in [-0.25, -0.2) is 8.42 Å². The molecule has 0 fully saturated rings. The molecule has 6 heteroatoms. The zero-order valence-corrected chi connectivity index (χ0v) is 11.6. The zero-order valence-electron chi connectivity index (χ0n) is 10.1. The number of hydrogen-bond donors (Lipinski definition) is 1. The van der Waals surface area contributed by atoms with Crippen LogP contribution in [-0.2, 0) is 10.0 Å². The standard InChI is InChI=1S/C12H15ClN2O2S/c1-9(5-4-8-13)14-12-10-6-2-3-7-11(10)18(16,17)15-12/h2-3,6-7,9H,4-5,8H2,1H3,(H,14,15). The predicted octanol–water partition coefficient (Wildman–Crippen LogP) is 2.13. The van der Waals surface area contributed by atoms with Crippen LogP contribution in [0.15, 0.2) is 34.2 Å². The highest BCUT2D eigenvalue weighted by molar-refractivity contribution is 7.90. The number of benzene rings is 1. The van der Waals surface area contributed by atoms with Crippen LogP contribution in [0.2, 0.25) is 0 Å². The molecule has 0 amide bonds. The summed E-state index contributed by atoms with van der Waals surface area (Å²) in [5.41, 5.74) is 0.648. The highest BCUT2D eigenvalue weighted by Gasteiger charge is 2.30. The first-order valence-electron chi connectivity index (χ1n) is 5.80. The molecule has 1 atom stereocenters. The van der Waals surface area contributed by atoms with Crippen molar-refractivity contribution in [1.29, 1.82) is 0 Å². The molecular formula is C12H15ClN2O2S. The minimum absolute atomic E-state index is 0.0487. The van der Waals surface area contributed by atoms with Gasteiger partial charge in [0, 0.05) is 17.5 Å². The van der Waals surface area contributed by atoms with Crippen LogP contribution in [0.3, 0.4) is 0 Å². The number of amidine groups is 1. The van der Waals surface area contributed by atoms with Crippen molar-refractivity contribution < 1.29 is 8.42 Å². The van der Waals surface area contributed by atoms with Crippen LogP contribution >= 0.6 is 11.6 Å². The van der Waals surface area contributed by atoms with Gasteiger partial charge in [-0.15, -0.1) is 11.6 Å². The molecule has 98 valence electrons. The molecule has 2 rings (SSSR count). The van der Waals surface area contributed by atoms with Crippen molar-refractivity contribution in [3.05, 3.63) is 29.8 Å². The van der Waals surface area contributed by atoms with Gasteiger partial charge in [-0.1, -0.05) is 12.1 Å². The summed E-state index contributed by atoms with van der Waals surface area (Å²) in [5.74, 6) is 1.03. The van der Waals surface area contributed by atoms with Gasteiger partial charge in [-0.2, -0.15) is 0 Å². The number of hydrogen-bond acceptors (Lipinski definition) is 3. The van der Waals surface area contributed by atoms with Crippen LogP contribution in [0.5, 0.6) is 0 Å². The van der Waals surface area contributed by atoms with E-state index in [0.29, 0.717) is 22.2 Å². The molecule has 4 nitrogen and oxygen atoms in total. The average molecular weight is 287 g/mol. The van der Waals surface area contributed by atoms with E-state index in [4.69, 9.17) is 11.6 Å². The minimum atomic E-state index is -3.43. The molecule has 0 aromatic heterocycles. The molecule has 0 saturated heterocycles. The van der Waals surface area contributed by atoms with E-state index in [1.165, 1.54) is 0 Å². The number of fused-ring (bicyclic) bond motifs is 1. The maximum atomic E-state index is 11.8. The Morgan fingerprint density at radius 2 is 2.11 bits per heavy atom. The van der Waals surface area contributed by atoms with Gasteiger partial charge in [-0.05, 0) is 31.9 Å². The van der Waals surface area contributed by atoms with Crippen LogP contribution in [0.1, 0.15) is 25.3 Å². The van der Waals surface area contributed by atoms with Crippen molar-refractivity contribution in [3.63, 3.8) is 0 Å². The molecule has 1 aliphatic rings. The predicted molar refractivity (Wildman–Crippen MR) is 72.7 cm³/mol. The quantitative estimate of drug-likeness (QED) is 0.862. The lowest BCUT2D eigenvalue weighted by Crippen LogP contribution is -2.23. The lowest BCUT2D eigenvalue weighted by atomic mass is 10.2. The SMILES string of the molecule is CC(CCCCl)N=C1NS(=O)(=O)c2ccccc21. The van der Waals surface area contributed by atoms with E-state index < -0.39 is 10.0 Å². The Kier molecular flexibility index (Phi) is 3.92. The molecule has 0 saturated carbocycles. The molecule has 0 aliphatic carbocycles. The number of aliphatic imine (C=N–C) groups is 1. The normalized spacial score (nSPS) is 20.4. The topological polar surface area (TPSA) is 58.5 Å². The third kappa shape index (κ3) is 2.67. The number of halogens is 1. The Labute approximate surface area is 112 Å². The fourth-order valence-corrected chi connectivity index (χ4v) is 3.28. The third-order valence-corrected chi connectivity index (χ3v) is 4.43. The number of nitrogens with zero attached hydrogens (tertiary/aromatic N) is 1. The highest BCUT2D eigenvalue weighted by atomic mass is 35.5. The maximum absolute atomic E-state index is 11.8. The molecule has 1 aliphatic heterocycles. The van der Waals surface area contributed by atoms with Crippen LogP contribution in [0.4, 0.5) is 0 Å². The molecule has 1 N–H and O–H groups in total. The van der Waals surface area contributed by atoms with Crippen molar-refractivity contribution in [2.24, 2.45) is 4.99 Å². The molecule has 1 unspecified atom stereocenters. The van der Waals surface area contributed by atoms with Crippen LogP contribution in [0, 0.1) is 0 Å². The van der Waals surface area contributed by atoms with E-state index >= 15 is 0 Å². The van der Waals surface area contributed by atoms with Gasteiger partial charge in [0.1, 0.15) is 5.84 Å². The summed E-state index contributed by atoms with van der Waals surface area (Å²) < 4.78 is 26.2. The second-order valence-corrected chi connectivity index (χ2v) is 6.29. The summed E-state index contributed by atoms with van der Waals surface area (Å²) >= 11 is 5.63. The fourth-order valence-electron chi connectivity index (χ4n) is 1.89. The first kappa shape index (κ1) is 13.4. The summed E-state index contributed by atoms with van der Waals surface area (Å²) in [6.45, 7) is 1.95. The number of sulfonamides is 1. The molecule has 1 aromatic carbocycles. The Hall–Kier alpha value is -1.07. The summed E-state index contributed by atoms with van der Waals surface area (Å²) in [4.78, 5) is 4.72. The van der Waals surface area contributed by atoms with Gasteiger partial charge < -0.3 is 0 Å². The molecule has 0 bridgehead atoms. The van der Waals surface area contributed by atoms with Crippen molar-refractivity contribution >= 4 is 27.5 Å². The molecule has 1 aromatic rings. The summed E-state index contributed by atoms with van der Waals surface area (Å²) in [6.07, 6.45) is 1.71. The van der Waals surface area contributed by atoms with Crippen molar-refractivity contribution in [2.45, 2.75) is 30.7 Å². The largest absolute Gasteiger partial charge is 0.264 e. The highest BCUT2D eigenvalue weighted by Crippen LogP contribution is 2.22. The number of nitrogens with one attached hydrogen (secondary N) is 1. The first-order chi connectivity index (χ1) is 8.54. The van der Waals surface area contributed by atoms with E-state index in [9.17, 15) is 8.42 Å². The first-order valence-corrected chi connectivity index (χ1v) is 7.82. The van der Waals surface area contributed by atoms with E-state index in [0.717, 1.165) is 12.8 Å². The van der Waals surface area contributed by atoms with Gasteiger partial charge >= 0.3 is 0 Å². The Morgan fingerprint density at radius 1 is 1.39 bits per heavy atom. The lowest BCUT2D eigenvalue weighted by molar-refractivity contribution is 0.594. The maximum Gasteiger partial charge on any atom is 0.263 e. The van der Waals surface area contributed by atoms with Gasteiger partial charge in [0.2, 0.25) is 0 Å². The Morgan fingerprint density at radius 3 is 2.83 bits per heavy atom. The fraction of sp³-hybridized carbons (Fsp3) is 0.417. The van der Waals surface area contributed by atoms with Gasteiger partial charge in [0.25, 0.3) is 10.0 Å². The van der Waals surface area contributed by atoms with Gasteiger partial charge in [0.05, 0.1) is 4.90 Å². The molecule has 1 heterocycles. The molecular weight excluding hydrogens is 272 g/mol. The summed E-state index contributed by atoms with van der Waals surface area (Å²) in [5, 5.41) is 0. The number of alkyl halides is 1. The van der Waals surface area contributed by atoms with Crippen molar-refractivity contribution in [2.75, 3.05) is 5.88 Å². The van der Waals surface area contributed by atoms with Crippen molar-refractivity contribution in [1.82, 2.24) is 4.72 Å². The second kappa shape index (κ2) is 5.28. The van der Waals surface area contributed by atoms with E-state index in [1.54, 1.807) is 24.3 Å². The van der Waals surface area contributed by atoms with E-state index in [-0.39, 0.29) is 6.04 Å². The van der Waals surface area contributed by atoms with Crippen molar-refractivity contribution in [3.8, 4) is 0 Å². The second-order valence-electron chi connectivity index (χ2n) is 4.26. The van der Waals surface area contributed by atoms with E-state index in [2.05, 4.69) is 9.71 Å². The molecule has 0 radical (unpaired) electrons. The minimum Gasteiger partial charge on any atom is -0.264 e. The van der Waals surface area contributed by atoms with E-state index in [1.807, 2.05) is 6.92 Å². The van der Waals surface area contributed by atoms with Crippen LogP contribution in [0.25, 0.3) is 0 Å². The van der Waals surface area contributed by atoms with Crippen LogP contribution < -0.4 is 4.72 Å². The lowest BCUT2D eigenvalue weighted by Gasteiger charge is -2.06. The third-order valence-electron chi connectivity index (χ3n) is 2.77. The Bertz CT molecular complexity index is 569. The summed E-state index contributed by atoms with van der Waals surface area (Å²) in [6, 6.07) is 6.91. The summed E-state index contributed by atoms with van der Waals surface area (Å²) in [7, 11) is -3.43. The van der Waals surface area contributed by atoms with Gasteiger partial charge in [-0.3, -0.25) is 9.71 Å². The average Bonchev–Trinajstić information content (AvgIpc) is 2.59. The smallest absolute Gasteiger partial charge is 0.263 e. The molecule has 0 spiro atoms. The monoisotopic (exact) mass is 286 g/mol. The van der Waals surface area contributed by atoms with Gasteiger partial charge in [0.15, 0.2) is 0 Å². The molecule has 18 heavy (non-hydrogen) atoms.